The minimum absolute atomic E-state index is 0.0624. The number of carbonyl (C=O) groups excluding carboxylic acids is 3. The van der Waals surface area contributed by atoms with Gasteiger partial charge in [0.2, 0.25) is 0 Å². The number of halogens is 1. The number of carbonyl (C=O) groups is 3. The smallest absolute Gasteiger partial charge is 0.338 e. The van der Waals surface area contributed by atoms with E-state index in [0.717, 1.165) is 22.3 Å². The molecule has 0 radical (unpaired) electrons. The predicted octanol–water partition coefficient (Wildman–Crippen LogP) is 3.62. The van der Waals surface area contributed by atoms with E-state index in [-0.39, 0.29) is 29.8 Å². The first-order valence-electron chi connectivity index (χ1n) is 12.2. The minimum Gasteiger partial charge on any atom is -0.465 e. The Bertz CT molecular complexity index is 1600. The Balaban J connectivity index is 1.37. The lowest BCUT2D eigenvalue weighted by Gasteiger charge is -2.16. The van der Waals surface area contributed by atoms with E-state index in [1.54, 1.807) is 31.2 Å². The van der Waals surface area contributed by atoms with Crippen molar-refractivity contribution in [2.24, 2.45) is 0 Å². The Hall–Kier alpha value is -4.60. The molecule has 0 spiro atoms. The van der Waals surface area contributed by atoms with Crippen molar-refractivity contribution in [2.75, 3.05) is 7.11 Å². The molecule has 0 aliphatic heterocycles. The minimum atomic E-state index is -0.470. The molecule has 1 aliphatic carbocycles. The summed E-state index contributed by atoms with van der Waals surface area (Å²) >= 11 is 0. The molecule has 2 aromatic carbocycles. The number of ether oxygens (including phenoxy) is 1. The van der Waals surface area contributed by atoms with E-state index < -0.39 is 17.8 Å². The van der Waals surface area contributed by atoms with Gasteiger partial charge in [-0.15, -0.1) is 0 Å². The Morgan fingerprint density at radius 1 is 1.11 bits per heavy atom. The molecule has 2 heterocycles. The third kappa shape index (κ3) is 4.60. The van der Waals surface area contributed by atoms with Gasteiger partial charge in [0, 0.05) is 18.7 Å². The average molecular weight is 516 g/mol. The largest absolute Gasteiger partial charge is 0.465 e. The molecule has 1 aliphatic rings. The molecular formula is C28H26FN5O4. The molecule has 10 heteroatoms. The number of nitrogens with one attached hydrogen (secondary N) is 2. The number of hydrogen-bond acceptors (Lipinski definition) is 6. The highest BCUT2D eigenvalue weighted by molar-refractivity contribution is 5.98. The third-order valence-corrected chi connectivity index (χ3v) is 6.90. The second-order valence-corrected chi connectivity index (χ2v) is 9.26. The average Bonchev–Trinajstić information content (AvgIpc) is 3.56. The van der Waals surface area contributed by atoms with Crippen molar-refractivity contribution < 1.29 is 23.5 Å². The van der Waals surface area contributed by atoms with Crippen molar-refractivity contribution in [2.45, 2.75) is 39.3 Å². The molecule has 5 rings (SSSR count). The summed E-state index contributed by atoms with van der Waals surface area (Å²) in [5, 5.41) is 10.0. The lowest BCUT2D eigenvalue weighted by atomic mass is 9.98. The van der Waals surface area contributed by atoms with Crippen molar-refractivity contribution in [3.8, 4) is 0 Å². The van der Waals surface area contributed by atoms with Gasteiger partial charge in [0.25, 0.3) is 11.8 Å². The molecule has 0 saturated carbocycles. The monoisotopic (exact) mass is 515 g/mol. The normalized spacial score (nSPS) is 14.3. The van der Waals surface area contributed by atoms with Crippen molar-refractivity contribution in [3.05, 3.63) is 99.2 Å². The van der Waals surface area contributed by atoms with Gasteiger partial charge in [0.1, 0.15) is 17.2 Å². The number of hydrogen-bond donors (Lipinski definition) is 2. The lowest BCUT2D eigenvalue weighted by Crippen LogP contribution is -2.30. The van der Waals surface area contributed by atoms with E-state index in [2.05, 4.69) is 20.7 Å². The van der Waals surface area contributed by atoms with Crippen LogP contribution in [0.5, 0.6) is 0 Å². The maximum absolute atomic E-state index is 13.6. The molecule has 0 saturated heterocycles. The molecule has 38 heavy (non-hydrogen) atoms. The number of fused-ring (bicyclic) bond motifs is 2. The molecule has 0 fully saturated rings. The first-order valence-corrected chi connectivity index (χ1v) is 12.2. The van der Waals surface area contributed by atoms with E-state index in [9.17, 15) is 18.8 Å². The van der Waals surface area contributed by atoms with Gasteiger partial charge in [-0.2, -0.15) is 5.10 Å². The molecule has 2 N–H and O–H groups in total. The number of nitrogens with zero attached hydrogens (tertiary/aromatic N) is 3. The first-order chi connectivity index (χ1) is 18.3. The third-order valence-electron chi connectivity index (χ3n) is 6.90. The summed E-state index contributed by atoms with van der Waals surface area (Å²) < 4.78 is 19.8. The van der Waals surface area contributed by atoms with E-state index in [1.165, 1.54) is 30.0 Å². The van der Waals surface area contributed by atoms with Gasteiger partial charge in [0.05, 0.1) is 24.9 Å². The number of esters is 1. The highest BCUT2D eigenvalue weighted by Gasteiger charge is 2.29. The summed E-state index contributed by atoms with van der Waals surface area (Å²) in [7, 11) is 1.35. The van der Waals surface area contributed by atoms with Crippen molar-refractivity contribution in [3.63, 3.8) is 0 Å². The Kier molecular flexibility index (Phi) is 6.62. The fraction of sp³-hybridized carbons (Fsp3) is 0.250. The van der Waals surface area contributed by atoms with E-state index in [1.807, 2.05) is 13.0 Å². The topological polar surface area (TPSA) is 115 Å². The molecule has 2 amide bonds. The van der Waals surface area contributed by atoms with Crippen molar-refractivity contribution in [1.82, 2.24) is 25.2 Å². The fourth-order valence-electron chi connectivity index (χ4n) is 4.87. The second kappa shape index (κ2) is 10.0. The second-order valence-electron chi connectivity index (χ2n) is 9.26. The summed E-state index contributed by atoms with van der Waals surface area (Å²) in [6, 6.07) is 10.9. The summed E-state index contributed by atoms with van der Waals surface area (Å²) in [5.41, 5.74) is 5.13. The fourth-order valence-corrected chi connectivity index (χ4v) is 4.87. The number of amides is 2. The van der Waals surface area contributed by atoms with Gasteiger partial charge < -0.3 is 15.4 Å². The maximum atomic E-state index is 13.6. The Morgan fingerprint density at radius 2 is 1.92 bits per heavy atom. The van der Waals surface area contributed by atoms with Crippen LogP contribution in [0.25, 0.3) is 5.65 Å². The highest BCUT2D eigenvalue weighted by Crippen LogP contribution is 2.35. The van der Waals surface area contributed by atoms with Crippen LogP contribution in [0.2, 0.25) is 0 Å². The SMILES string of the molecule is COC(=O)c1ccc2c(c1C)CC[C@@H]2NC(=O)c1cc(C(=O)NCc2ccc(F)c(C)c2)nc2ccnn12. The van der Waals surface area contributed by atoms with E-state index in [4.69, 9.17) is 4.74 Å². The highest BCUT2D eigenvalue weighted by atomic mass is 19.1. The molecule has 2 aromatic heterocycles. The summed E-state index contributed by atoms with van der Waals surface area (Å²) in [6.07, 6.45) is 2.88. The Labute approximate surface area is 218 Å². The lowest BCUT2D eigenvalue weighted by molar-refractivity contribution is 0.0599. The van der Waals surface area contributed by atoms with Crippen LogP contribution in [-0.2, 0) is 17.7 Å². The molecule has 194 valence electrons. The maximum Gasteiger partial charge on any atom is 0.338 e. The van der Waals surface area contributed by atoms with Gasteiger partial charge in [-0.3, -0.25) is 9.59 Å². The van der Waals surface area contributed by atoms with Gasteiger partial charge in [-0.1, -0.05) is 18.2 Å². The van der Waals surface area contributed by atoms with Crippen LogP contribution in [-0.4, -0.2) is 39.5 Å². The number of aromatic nitrogens is 3. The Morgan fingerprint density at radius 3 is 2.68 bits per heavy atom. The van der Waals surface area contributed by atoms with Crippen LogP contribution in [0.1, 0.15) is 71.6 Å². The molecule has 0 bridgehead atoms. The standard InChI is InChI=1S/C28H26FN5O4/c1-15-12-17(4-8-21(15)29)14-30-26(35)23-13-24(34-25(32-23)10-11-31-34)27(36)33-22-9-7-18-16(2)19(28(37)38-3)5-6-20(18)22/h4-6,8,10-13,22H,7,9,14H2,1-3H3,(H,30,35)(H,33,36)/t22-/m0/s1. The molecule has 9 nitrogen and oxygen atoms in total. The number of methoxy groups -OCH3 is 1. The van der Waals surface area contributed by atoms with Crippen LogP contribution < -0.4 is 10.6 Å². The summed E-state index contributed by atoms with van der Waals surface area (Å²) in [4.78, 5) is 42.7. The van der Waals surface area contributed by atoms with Crippen LogP contribution >= 0.6 is 0 Å². The van der Waals surface area contributed by atoms with Crippen molar-refractivity contribution in [1.29, 1.82) is 0 Å². The zero-order valence-electron chi connectivity index (χ0n) is 21.2. The quantitative estimate of drug-likeness (QED) is 0.379. The molecule has 4 aromatic rings. The number of rotatable bonds is 6. The van der Waals surface area contributed by atoms with E-state index >= 15 is 0 Å². The van der Waals surface area contributed by atoms with Crippen LogP contribution in [0.3, 0.4) is 0 Å². The molecular weight excluding hydrogens is 489 g/mol. The van der Waals surface area contributed by atoms with E-state index in [0.29, 0.717) is 29.6 Å². The molecule has 1 atom stereocenters. The number of benzene rings is 2. The van der Waals surface area contributed by atoms with Gasteiger partial charge in [-0.25, -0.2) is 18.7 Å². The summed E-state index contributed by atoms with van der Waals surface area (Å²) in [5.74, 6) is -1.58. The van der Waals surface area contributed by atoms with Gasteiger partial charge in [0.15, 0.2) is 5.65 Å². The van der Waals surface area contributed by atoms with Crippen LogP contribution in [0.15, 0.2) is 48.7 Å². The van der Waals surface area contributed by atoms with Crippen molar-refractivity contribution >= 4 is 23.4 Å². The predicted molar refractivity (Wildman–Crippen MR) is 136 cm³/mol. The van der Waals surface area contributed by atoms with Crippen LogP contribution in [0, 0.1) is 19.7 Å². The zero-order chi connectivity index (χ0) is 27.0. The van der Waals surface area contributed by atoms with Crippen LogP contribution in [0.4, 0.5) is 4.39 Å². The summed E-state index contributed by atoms with van der Waals surface area (Å²) in [6.45, 7) is 3.71. The number of aryl methyl sites for hydroxylation is 1. The van der Waals surface area contributed by atoms with Gasteiger partial charge >= 0.3 is 5.97 Å². The van der Waals surface area contributed by atoms with Gasteiger partial charge in [-0.05, 0) is 66.6 Å². The first kappa shape index (κ1) is 25.1. The molecule has 0 unspecified atom stereocenters. The zero-order valence-corrected chi connectivity index (χ0v) is 21.2.